The molecule has 0 saturated heterocycles. The Bertz CT molecular complexity index is 816. The van der Waals surface area contributed by atoms with E-state index < -0.39 is 21.0 Å². The van der Waals surface area contributed by atoms with Gasteiger partial charge in [0.05, 0.1) is 21.4 Å². The quantitative estimate of drug-likeness (QED) is 0.935. The highest BCUT2D eigenvalue weighted by Crippen LogP contribution is 2.20. The standard InChI is InChI=1S/C12H10Cl2N2O3S/c1-7-10(13)2-9(4-16-7)20(18,19)6-8-3-15-5-11(14)12(8)17/h2-5H,6H2,1H3,(H,15,17). The van der Waals surface area contributed by atoms with Crippen LogP contribution in [-0.4, -0.2) is 18.4 Å². The van der Waals surface area contributed by atoms with E-state index in [-0.39, 0.29) is 20.5 Å². The van der Waals surface area contributed by atoms with Crippen LogP contribution in [0.5, 0.6) is 0 Å². The van der Waals surface area contributed by atoms with Gasteiger partial charge in [-0.1, -0.05) is 23.2 Å². The van der Waals surface area contributed by atoms with Crippen LogP contribution in [-0.2, 0) is 15.6 Å². The molecule has 0 atom stereocenters. The molecule has 0 aliphatic carbocycles. The Morgan fingerprint density at radius 3 is 2.60 bits per heavy atom. The predicted molar refractivity (Wildman–Crippen MR) is 76.9 cm³/mol. The van der Waals surface area contributed by atoms with Crippen molar-refractivity contribution < 1.29 is 8.42 Å². The number of hydrogen-bond acceptors (Lipinski definition) is 4. The van der Waals surface area contributed by atoms with Gasteiger partial charge in [-0.15, -0.1) is 0 Å². The maximum absolute atomic E-state index is 12.2. The second-order valence-electron chi connectivity index (χ2n) is 4.15. The van der Waals surface area contributed by atoms with Gasteiger partial charge in [-0.2, -0.15) is 0 Å². The molecule has 0 bridgehead atoms. The lowest BCUT2D eigenvalue weighted by Crippen LogP contribution is -2.15. The van der Waals surface area contributed by atoms with Gasteiger partial charge in [-0.25, -0.2) is 8.42 Å². The Balaban J connectivity index is 2.43. The van der Waals surface area contributed by atoms with Crippen LogP contribution in [0.3, 0.4) is 0 Å². The number of rotatable bonds is 3. The summed E-state index contributed by atoms with van der Waals surface area (Å²) in [5, 5.41) is 0.198. The number of aromatic nitrogens is 2. The first kappa shape index (κ1) is 15.0. The molecule has 2 aromatic heterocycles. The fourth-order valence-electron chi connectivity index (χ4n) is 1.55. The fraction of sp³-hybridized carbons (Fsp3) is 0.167. The van der Waals surface area contributed by atoms with Gasteiger partial charge in [-0.3, -0.25) is 9.78 Å². The highest BCUT2D eigenvalue weighted by molar-refractivity contribution is 7.90. The monoisotopic (exact) mass is 332 g/mol. The van der Waals surface area contributed by atoms with Crippen molar-refractivity contribution in [3.63, 3.8) is 0 Å². The van der Waals surface area contributed by atoms with Crippen molar-refractivity contribution >= 4 is 33.0 Å². The summed E-state index contributed by atoms with van der Waals surface area (Å²) in [6, 6.07) is 1.32. The second kappa shape index (κ2) is 5.55. The summed E-state index contributed by atoms with van der Waals surface area (Å²) in [6.45, 7) is 1.67. The number of nitrogens with one attached hydrogen (secondary N) is 1. The topological polar surface area (TPSA) is 79.9 Å². The van der Waals surface area contributed by atoms with Gasteiger partial charge in [0.2, 0.25) is 5.43 Å². The van der Waals surface area contributed by atoms with Gasteiger partial charge in [0.15, 0.2) is 9.84 Å². The molecular weight excluding hydrogens is 323 g/mol. The number of pyridine rings is 2. The Hall–Kier alpha value is -1.37. The van der Waals surface area contributed by atoms with Crippen LogP contribution < -0.4 is 5.43 Å². The maximum atomic E-state index is 12.2. The summed E-state index contributed by atoms with van der Waals surface area (Å²) < 4.78 is 24.5. The van der Waals surface area contributed by atoms with Crippen LogP contribution in [0.25, 0.3) is 0 Å². The van der Waals surface area contributed by atoms with Crippen LogP contribution in [0.15, 0.2) is 34.3 Å². The first-order valence-corrected chi connectivity index (χ1v) is 7.92. The first-order valence-electron chi connectivity index (χ1n) is 5.51. The summed E-state index contributed by atoms with van der Waals surface area (Å²) in [6.07, 6.45) is 3.83. The van der Waals surface area contributed by atoms with E-state index in [1.807, 2.05) is 0 Å². The Labute approximate surface area is 125 Å². The van der Waals surface area contributed by atoms with Gasteiger partial charge in [0.1, 0.15) is 5.02 Å². The summed E-state index contributed by atoms with van der Waals surface area (Å²) >= 11 is 11.5. The lowest BCUT2D eigenvalue weighted by Gasteiger charge is -2.05. The molecule has 0 amide bonds. The van der Waals surface area contributed by atoms with E-state index in [1.54, 1.807) is 6.92 Å². The summed E-state index contributed by atoms with van der Waals surface area (Å²) in [5.74, 6) is -0.468. The molecule has 0 aliphatic heterocycles. The molecule has 0 radical (unpaired) electrons. The molecule has 8 heteroatoms. The minimum Gasteiger partial charge on any atom is -0.366 e. The summed E-state index contributed by atoms with van der Waals surface area (Å²) in [5.41, 5.74) is 0.0839. The SMILES string of the molecule is Cc1ncc(S(=O)(=O)Cc2c[nH]cc(Cl)c2=O)cc1Cl. The summed E-state index contributed by atoms with van der Waals surface area (Å²) in [7, 11) is -3.72. The van der Waals surface area contributed by atoms with Gasteiger partial charge < -0.3 is 4.98 Å². The van der Waals surface area contributed by atoms with Crippen molar-refractivity contribution in [1.82, 2.24) is 9.97 Å². The molecule has 5 nitrogen and oxygen atoms in total. The van der Waals surface area contributed by atoms with Crippen molar-refractivity contribution in [1.29, 1.82) is 0 Å². The lowest BCUT2D eigenvalue weighted by atomic mass is 10.3. The van der Waals surface area contributed by atoms with Crippen molar-refractivity contribution in [2.45, 2.75) is 17.6 Å². The van der Waals surface area contributed by atoms with E-state index >= 15 is 0 Å². The number of H-pyrrole nitrogens is 1. The molecule has 0 saturated carbocycles. The van der Waals surface area contributed by atoms with E-state index in [2.05, 4.69) is 9.97 Å². The van der Waals surface area contributed by atoms with Crippen LogP contribution in [0.4, 0.5) is 0 Å². The molecule has 20 heavy (non-hydrogen) atoms. The molecule has 0 aromatic carbocycles. The highest BCUT2D eigenvalue weighted by Gasteiger charge is 2.19. The zero-order valence-electron chi connectivity index (χ0n) is 10.4. The van der Waals surface area contributed by atoms with Gasteiger partial charge in [-0.05, 0) is 13.0 Å². The third-order valence-corrected chi connectivity index (χ3v) is 4.98. The zero-order chi connectivity index (χ0) is 14.9. The fourth-order valence-corrected chi connectivity index (χ4v) is 3.27. The largest absolute Gasteiger partial charge is 0.366 e. The number of aryl methyl sites for hydroxylation is 1. The van der Waals surface area contributed by atoms with E-state index in [4.69, 9.17) is 23.2 Å². The predicted octanol–water partition coefficient (Wildman–Crippen LogP) is 2.36. The molecule has 2 heterocycles. The van der Waals surface area contributed by atoms with Crippen LogP contribution in [0, 0.1) is 6.92 Å². The summed E-state index contributed by atoms with van der Waals surface area (Å²) in [4.78, 5) is 18.2. The molecule has 0 aliphatic rings. The second-order valence-corrected chi connectivity index (χ2v) is 6.96. The average molecular weight is 333 g/mol. The van der Waals surface area contributed by atoms with Crippen molar-refractivity contribution in [2.24, 2.45) is 0 Å². The number of hydrogen-bond donors (Lipinski definition) is 1. The van der Waals surface area contributed by atoms with Crippen LogP contribution in [0.1, 0.15) is 11.3 Å². The van der Waals surface area contributed by atoms with Gasteiger partial charge in [0, 0.05) is 24.2 Å². The number of aromatic amines is 1. The van der Waals surface area contributed by atoms with E-state index in [0.29, 0.717) is 5.69 Å². The molecule has 1 N–H and O–H groups in total. The Morgan fingerprint density at radius 1 is 1.25 bits per heavy atom. The van der Waals surface area contributed by atoms with E-state index in [9.17, 15) is 13.2 Å². The molecule has 106 valence electrons. The van der Waals surface area contributed by atoms with Crippen molar-refractivity contribution in [3.8, 4) is 0 Å². The molecular formula is C12H10Cl2N2O3S. The van der Waals surface area contributed by atoms with Crippen LogP contribution in [0.2, 0.25) is 10.0 Å². The average Bonchev–Trinajstić information content (AvgIpc) is 2.38. The molecule has 0 fully saturated rings. The molecule has 2 rings (SSSR count). The number of halogens is 2. The van der Waals surface area contributed by atoms with Crippen molar-refractivity contribution in [3.05, 3.63) is 56.2 Å². The molecule has 0 unspecified atom stereocenters. The maximum Gasteiger partial charge on any atom is 0.204 e. The van der Waals surface area contributed by atoms with E-state index in [1.165, 1.54) is 24.7 Å². The number of nitrogens with zero attached hydrogens (tertiary/aromatic N) is 1. The van der Waals surface area contributed by atoms with Crippen LogP contribution >= 0.6 is 23.2 Å². The molecule has 2 aromatic rings. The van der Waals surface area contributed by atoms with E-state index in [0.717, 1.165) is 0 Å². The minimum absolute atomic E-state index is 0.0347. The molecule has 0 spiro atoms. The Kier molecular flexibility index (Phi) is 4.17. The Morgan fingerprint density at radius 2 is 1.95 bits per heavy atom. The van der Waals surface area contributed by atoms with Crippen molar-refractivity contribution in [2.75, 3.05) is 0 Å². The van der Waals surface area contributed by atoms with Gasteiger partial charge >= 0.3 is 0 Å². The zero-order valence-corrected chi connectivity index (χ0v) is 12.7. The smallest absolute Gasteiger partial charge is 0.204 e. The van der Waals surface area contributed by atoms with Gasteiger partial charge in [0.25, 0.3) is 0 Å². The number of sulfone groups is 1. The first-order chi connectivity index (χ1) is 9.31. The normalized spacial score (nSPS) is 11.6. The minimum atomic E-state index is -3.72. The third-order valence-electron chi connectivity index (χ3n) is 2.68. The lowest BCUT2D eigenvalue weighted by molar-refractivity contribution is 0.594. The third kappa shape index (κ3) is 3.03. The highest BCUT2D eigenvalue weighted by atomic mass is 35.5.